The maximum atomic E-state index is 12.8. The molecule has 3 heterocycles. The van der Waals surface area contributed by atoms with Gasteiger partial charge in [0.2, 0.25) is 11.7 Å². The lowest BCUT2D eigenvalue weighted by Crippen LogP contribution is -2.31. The van der Waals surface area contributed by atoms with Crippen LogP contribution in [-0.4, -0.2) is 36.5 Å². The molecule has 0 fully saturated rings. The van der Waals surface area contributed by atoms with E-state index in [0.29, 0.717) is 29.2 Å². The molecule has 2 aromatic rings. The van der Waals surface area contributed by atoms with Crippen LogP contribution in [0.2, 0.25) is 0 Å². The van der Waals surface area contributed by atoms with Crippen LogP contribution in [0.25, 0.3) is 5.70 Å². The third-order valence-corrected chi connectivity index (χ3v) is 5.82. The molecule has 1 amide bonds. The number of allylic oxidation sites excluding steroid dienone is 1. The van der Waals surface area contributed by atoms with Crippen LogP contribution in [0.15, 0.2) is 64.2 Å². The molecule has 6 nitrogen and oxygen atoms in total. The second-order valence-corrected chi connectivity index (χ2v) is 7.81. The number of amides is 1. The maximum absolute atomic E-state index is 12.8. The standard InChI is InChI=1S/C22H22N4O2S/c1-3-6-20(27)25(2)16-8-4-7-15(13-16)18-10-11-23-22-17(14-24-26(18)22)21(28)19-9-5-12-29-19/h4-5,7-13,24H,3,6,14H2,1-2H3. The second kappa shape index (κ2) is 8.14. The summed E-state index contributed by atoms with van der Waals surface area (Å²) in [5.74, 6) is 0.719. The number of rotatable bonds is 6. The molecule has 0 saturated carbocycles. The van der Waals surface area contributed by atoms with Gasteiger partial charge in [-0.25, -0.2) is 10.4 Å². The van der Waals surface area contributed by atoms with Crippen molar-refractivity contribution in [1.82, 2.24) is 10.4 Å². The minimum atomic E-state index is 0.00189. The Morgan fingerprint density at radius 1 is 1.28 bits per heavy atom. The zero-order valence-electron chi connectivity index (χ0n) is 16.4. The van der Waals surface area contributed by atoms with Gasteiger partial charge in [0.15, 0.2) is 5.82 Å². The van der Waals surface area contributed by atoms with E-state index >= 15 is 0 Å². The van der Waals surface area contributed by atoms with E-state index in [9.17, 15) is 9.59 Å². The van der Waals surface area contributed by atoms with E-state index in [1.807, 2.05) is 59.8 Å². The van der Waals surface area contributed by atoms with E-state index in [4.69, 9.17) is 0 Å². The predicted octanol–water partition coefficient (Wildman–Crippen LogP) is 3.85. The molecule has 1 aromatic heterocycles. The molecule has 0 unspecified atom stereocenters. The van der Waals surface area contributed by atoms with Gasteiger partial charge in [0, 0.05) is 37.5 Å². The Morgan fingerprint density at radius 2 is 2.14 bits per heavy atom. The first-order valence-electron chi connectivity index (χ1n) is 9.56. The molecule has 148 valence electrons. The predicted molar refractivity (Wildman–Crippen MR) is 117 cm³/mol. The number of hydrogen-bond acceptors (Lipinski definition) is 6. The third kappa shape index (κ3) is 3.66. The monoisotopic (exact) mass is 406 g/mol. The maximum Gasteiger partial charge on any atom is 0.226 e. The van der Waals surface area contributed by atoms with E-state index in [1.54, 1.807) is 18.2 Å². The Balaban J connectivity index is 1.63. The number of benzene rings is 1. The van der Waals surface area contributed by atoms with Crippen molar-refractivity contribution in [2.45, 2.75) is 19.8 Å². The number of carbonyl (C=O) groups is 2. The SMILES string of the molecule is CCCC(=O)N(C)c1cccc(C2=CC=NC3=C(C(=O)c4cccs4)CNN23)c1. The van der Waals surface area contributed by atoms with E-state index < -0.39 is 0 Å². The van der Waals surface area contributed by atoms with Gasteiger partial charge in [0.1, 0.15) is 0 Å². The van der Waals surface area contributed by atoms with E-state index in [-0.39, 0.29) is 11.7 Å². The number of hydrazine groups is 1. The molecule has 0 spiro atoms. The summed E-state index contributed by atoms with van der Waals surface area (Å²) in [6.45, 7) is 2.42. The molecule has 4 rings (SSSR count). The molecule has 7 heteroatoms. The molecular formula is C22H22N4O2S. The fourth-order valence-corrected chi connectivity index (χ4v) is 4.09. The number of fused-ring (bicyclic) bond motifs is 1. The van der Waals surface area contributed by atoms with Crippen molar-refractivity contribution >= 4 is 40.6 Å². The molecule has 2 aliphatic rings. The molecule has 0 bridgehead atoms. The van der Waals surface area contributed by atoms with Crippen molar-refractivity contribution in [3.8, 4) is 0 Å². The second-order valence-electron chi connectivity index (χ2n) is 6.86. The van der Waals surface area contributed by atoms with Crippen LogP contribution in [0.5, 0.6) is 0 Å². The molecular weight excluding hydrogens is 384 g/mol. The number of thiophene rings is 1. The highest BCUT2D eigenvalue weighted by Gasteiger charge is 2.31. The average molecular weight is 407 g/mol. The summed E-state index contributed by atoms with van der Waals surface area (Å²) >= 11 is 1.43. The first-order valence-corrected chi connectivity index (χ1v) is 10.4. The van der Waals surface area contributed by atoms with E-state index in [0.717, 1.165) is 23.4 Å². The Labute approximate surface area is 173 Å². The molecule has 0 saturated heterocycles. The Morgan fingerprint density at radius 3 is 2.90 bits per heavy atom. The van der Waals surface area contributed by atoms with Crippen molar-refractivity contribution in [2.24, 2.45) is 4.99 Å². The molecule has 2 aliphatic heterocycles. The van der Waals surface area contributed by atoms with Crippen LogP contribution in [0.4, 0.5) is 5.69 Å². The van der Waals surface area contributed by atoms with Crippen LogP contribution >= 0.6 is 11.3 Å². The molecule has 1 N–H and O–H groups in total. The van der Waals surface area contributed by atoms with Gasteiger partial charge in [0.05, 0.1) is 16.1 Å². The summed E-state index contributed by atoms with van der Waals surface area (Å²) in [6.07, 6.45) is 4.96. The van der Waals surface area contributed by atoms with Crippen LogP contribution in [0, 0.1) is 0 Å². The van der Waals surface area contributed by atoms with Crippen molar-refractivity contribution in [2.75, 3.05) is 18.5 Å². The quantitative estimate of drug-likeness (QED) is 0.740. The zero-order valence-corrected chi connectivity index (χ0v) is 17.2. The fraction of sp³-hybridized carbons (Fsp3) is 0.227. The molecule has 0 radical (unpaired) electrons. The normalized spacial score (nSPS) is 15.4. The lowest BCUT2D eigenvalue weighted by Gasteiger charge is -2.26. The number of hydrogen-bond donors (Lipinski definition) is 1. The highest BCUT2D eigenvalue weighted by atomic mass is 32.1. The Hall–Kier alpha value is -3.03. The van der Waals surface area contributed by atoms with Gasteiger partial charge in [-0.3, -0.25) is 14.6 Å². The summed E-state index contributed by atoms with van der Waals surface area (Å²) in [6, 6.07) is 11.5. The van der Waals surface area contributed by atoms with Gasteiger partial charge in [-0.05, 0) is 36.1 Å². The molecule has 0 atom stereocenters. The van der Waals surface area contributed by atoms with Gasteiger partial charge in [-0.1, -0.05) is 25.1 Å². The van der Waals surface area contributed by atoms with Gasteiger partial charge < -0.3 is 4.90 Å². The van der Waals surface area contributed by atoms with E-state index in [2.05, 4.69) is 10.4 Å². The number of Topliss-reactive ketones (excluding diaryl/α,β-unsaturated/α-hetero) is 1. The van der Waals surface area contributed by atoms with Crippen LogP contribution < -0.4 is 10.3 Å². The summed E-state index contributed by atoms with van der Waals surface area (Å²) in [4.78, 5) is 31.9. The smallest absolute Gasteiger partial charge is 0.226 e. The highest BCUT2D eigenvalue weighted by Crippen LogP contribution is 2.33. The summed E-state index contributed by atoms with van der Waals surface area (Å²) in [5, 5.41) is 3.75. The summed E-state index contributed by atoms with van der Waals surface area (Å²) in [7, 11) is 1.80. The largest absolute Gasteiger partial charge is 0.315 e. The number of carbonyl (C=O) groups excluding carboxylic acids is 2. The molecule has 1 aromatic carbocycles. The number of ketones is 1. The van der Waals surface area contributed by atoms with Gasteiger partial charge in [-0.15, -0.1) is 11.3 Å². The van der Waals surface area contributed by atoms with Crippen molar-refractivity contribution < 1.29 is 9.59 Å². The number of nitrogens with zero attached hydrogens (tertiary/aromatic N) is 3. The van der Waals surface area contributed by atoms with E-state index in [1.165, 1.54) is 11.3 Å². The number of anilines is 1. The van der Waals surface area contributed by atoms with Crippen molar-refractivity contribution in [3.63, 3.8) is 0 Å². The minimum absolute atomic E-state index is 0.00189. The first-order chi connectivity index (χ1) is 14.1. The van der Waals surface area contributed by atoms with Gasteiger partial charge in [0.25, 0.3) is 0 Å². The average Bonchev–Trinajstić information content (AvgIpc) is 3.43. The molecule has 0 aliphatic carbocycles. The van der Waals surface area contributed by atoms with Gasteiger partial charge >= 0.3 is 0 Å². The van der Waals surface area contributed by atoms with Crippen molar-refractivity contribution in [3.05, 3.63) is 69.7 Å². The van der Waals surface area contributed by atoms with Gasteiger partial charge in [-0.2, -0.15) is 0 Å². The number of nitrogens with one attached hydrogen (secondary N) is 1. The minimum Gasteiger partial charge on any atom is -0.315 e. The lowest BCUT2D eigenvalue weighted by molar-refractivity contribution is -0.118. The fourth-order valence-electron chi connectivity index (χ4n) is 3.40. The number of aliphatic imine (C=N–C) groups is 1. The summed E-state index contributed by atoms with van der Waals surface area (Å²) in [5.41, 5.74) is 6.60. The van der Waals surface area contributed by atoms with Crippen LogP contribution in [0.3, 0.4) is 0 Å². The summed E-state index contributed by atoms with van der Waals surface area (Å²) < 4.78 is 0. The highest BCUT2D eigenvalue weighted by molar-refractivity contribution is 7.12. The zero-order chi connectivity index (χ0) is 20.4. The first kappa shape index (κ1) is 19.3. The van der Waals surface area contributed by atoms with Crippen LogP contribution in [-0.2, 0) is 4.79 Å². The van der Waals surface area contributed by atoms with Crippen LogP contribution in [0.1, 0.15) is 35.0 Å². The molecule has 29 heavy (non-hydrogen) atoms. The Bertz CT molecular complexity index is 1040. The third-order valence-electron chi connectivity index (χ3n) is 4.95. The lowest BCUT2D eigenvalue weighted by atomic mass is 10.1. The van der Waals surface area contributed by atoms with Crippen molar-refractivity contribution in [1.29, 1.82) is 0 Å². The Kier molecular flexibility index (Phi) is 5.42. The topological polar surface area (TPSA) is 65.0 Å².